The normalized spacial score (nSPS) is 24.8. The van der Waals surface area contributed by atoms with Crippen LogP contribution in [0.4, 0.5) is 0 Å². The third kappa shape index (κ3) is 2.21. The topological polar surface area (TPSA) is 35.2 Å². The molecule has 2 N–H and O–H groups in total. The highest BCUT2D eigenvalue weighted by atomic mass is 16.5. The third-order valence-electron chi connectivity index (χ3n) is 5.28. The maximum Gasteiger partial charge on any atom is 0.0847 e. The molecule has 1 aliphatic rings. The summed E-state index contributed by atoms with van der Waals surface area (Å²) in [6.45, 7) is 14.0. The molecule has 2 nitrogen and oxygen atoms in total. The molecule has 0 radical (unpaired) electrons. The van der Waals surface area contributed by atoms with Gasteiger partial charge in [0, 0.05) is 6.61 Å². The first-order chi connectivity index (χ1) is 8.79. The third-order valence-corrected chi connectivity index (χ3v) is 5.28. The molecular formula is C17H27NO. The van der Waals surface area contributed by atoms with Crippen molar-refractivity contribution < 1.29 is 4.74 Å². The SMILES string of the molecule is Cc1c(C)c(C)c(C(N)C2(C)CCCO2)c(C)c1C. The maximum atomic E-state index is 6.60. The first-order valence-corrected chi connectivity index (χ1v) is 7.26. The minimum Gasteiger partial charge on any atom is -0.373 e. The van der Waals surface area contributed by atoms with Crippen molar-refractivity contribution >= 4 is 0 Å². The molecule has 2 rings (SSSR count). The van der Waals surface area contributed by atoms with E-state index in [1.165, 1.54) is 33.4 Å². The van der Waals surface area contributed by atoms with Gasteiger partial charge in [0.25, 0.3) is 0 Å². The van der Waals surface area contributed by atoms with E-state index in [-0.39, 0.29) is 11.6 Å². The number of ether oxygens (including phenoxy) is 1. The van der Waals surface area contributed by atoms with Gasteiger partial charge in [-0.1, -0.05) is 0 Å². The van der Waals surface area contributed by atoms with Gasteiger partial charge in [0.2, 0.25) is 0 Å². The van der Waals surface area contributed by atoms with Gasteiger partial charge >= 0.3 is 0 Å². The predicted octanol–water partition coefficient (Wildman–Crippen LogP) is 3.80. The van der Waals surface area contributed by atoms with Crippen LogP contribution in [0, 0.1) is 34.6 Å². The van der Waals surface area contributed by atoms with Crippen molar-refractivity contribution in [2.75, 3.05) is 6.61 Å². The zero-order chi connectivity index (χ0) is 14.4. The fourth-order valence-electron chi connectivity index (χ4n) is 3.35. The molecule has 1 fully saturated rings. The zero-order valence-electron chi connectivity index (χ0n) is 13.2. The molecule has 0 saturated carbocycles. The highest BCUT2D eigenvalue weighted by molar-refractivity contribution is 5.51. The molecule has 1 aromatic carbocycles. The summed E-state index contributed by atoms with van der Waals surface area (Å²) in [6, 6.07) is -0.0343. The van der Waals surface area contributed by atoms with Gasteiger partial charge in [-0.15, -0.1) is 0 Å². The van der Waals surface area contributed by atoms with E-state index < -0.39 is 0 Å². The van der Waals surface area contributed by atoms with E-state index in [1.807, 2.05) is 0 Å². The minimum absolute atomic E-state index is 0.0343. The monoisotopic (exact) mass is 261 g/mol. The van der Waals surface area contributed by atoms with Gasteiger partial charge in [0.05, 0.1) is 11.6 Å². The Morgan fingerprint density at radius 2 is 1.42 bits per heavy atom. The van der Waals surface area contributed by atoms with Crippen LogP contribution in [0.3, 0.4) is 0 Å². The molecule has 2 heteroatoms. The van der Waals surface area contributed by atoms with Crippen LogP contribution in [0.2, 0.25) is 0 Å². The van der Waals surface area contributed by atoms with Crippen LogP contribution in [-0.2, 0) is 4.74 Å². The van der Waals surface area contributed by atoms with Crippen LogP contribution in [-0.4, -0.2) is 12.2 Å². The van der Waals surface area contributed by atoms with Gasteiger partial charge in [-0.25, -0.2) is 0 Å². The van der Waals surface area contributed by atoms with Crippen LogP contribution in [0.5, 0.6) is 0 Å². The van der Waals surface area contributed by atoms with Crippen LogP contribution < -0.4 is 5.73 Å². The Balaban J connectivity index is 2.56. The van der Waals surface area contributed by atoms with Crippen molar-refractivity contribution in [3.8, 4) is 0 Å². The quantitative estimate of drug-likeness (QED) is 0.879. The lowest BCUT2D eigenvalue weighted by atomic mass is 9.80. The molecule has 19 heavy (non-hydrogen) atoms. The summed E-state index contributed by atoms with van der Waals surface area (Å²) in [5.41, 5.74) is 14.5. The summed E-state index contributed by atoms with van der Waals surface area (Å²) in [6.07, 6.45) is 2.17. The average Bonchev–Trinajstić information content (AvgIpc) is 2.82. The largest absolute Gasteiger partial charge is 0.373 e. The number of hydrogen-bond acceptors (Lipinski definition) is 2. The maximum absolute atomic E-state index is 6.60. The summed E-state index contributed by atoms with van der Waals surface area (Å²) in [5.74, 6) is 0. The summed E-state index contributed by atoms with van der Waals surface area (Å²) in [5, 5.41) is 0. The van der Waals surface area contributed by atoms with Crippen molar-refractivity contribution in [3.05, 3.63) is 33.4 Å². The minimum atomic E-state index is -0.205. The van der Waals surface area contributed by atoms with Crippen LogP contribution in [0.1, 0.15) is 59.2 Å². The first-order valence-electron chi connectivity index (χ1n) is 7.26. The average molecular weight is 261 g/mol. The van der Waals surface area contributed by atoms with Gasteiger partial charge in [-0.3, -0.25) is 0 Å². The number of benzene rings is 1. The van der Waals surface area contributed by atoms with Gasteiger partial charge in [-0.2, -0.15) is 0 Å². The highest BCUT2D eigenvalue weighted by Gasteiger charge is 2.38. The second-order valence-electron chi connectivity index (χ2n) is 6.28. The summed E-state index contributed by atoms with van der Waals surface area (Å²) < 4.78 is 5.95. The Hall–Kier alpha value is -0.860. The van der Waals surface area contributed by atoms with E-state index >= 15 is 0 Å². The van der Waals surface area contributed by atoms with Crippen molar-refractivity contribution in [2.24, 2.45) is 5.73 Å². The van der Waals surface area contributed by atoms with E-state index in [2.05, 4.69) is 41.5 Å². The molecule has 2 atom stereocenters. The Bertz CT molecular complexity index is 469. The van der Waals surface area contributed by atoms with Gasteiger partial charge in [0.15, 0.2) is 0 Å². The standard InChI is InChI=1S/C17H27NO/c1-10-11(2)13(4)15(14(5)12(10)3)16(18)17(6)8-7-9-19-17/h16H,7-9,18H2,1-6H3. The molecule has 2 unspecified atom stereocenters. The van der Waals surface area contributed by atoms with Crippen molar-refractivity contribution in [1.82, 2.24) is 0 Å². The van der Waals surface area contributed by atoms with Crippen molar-refractivity contribution in [2.45, 2.75) is 66.0 Å². The van der Waals surface area contributed by atoms with Crippen LogP contribution in [0.15, 0.2) is 0 Å². The summed E-state index contributed by atoms with van der Waals surface area (Å²) >= 11 is 0. The number of rotatable bonds is 2. The zero-order valence-corrected chi connectivity index (χ0v) is 13.2. The van der Waals surface area contributed by atoms with Crippen molar-refractivity contribution in [3.63, 3.8) is 0 Å². The molecule has 0 amide bonds. The summed E-state index contributed by atoms with van der Waals surface area (Å²) in [4.78, 5) is 0. The molecule has 0 spiro atoms. The molecule has 1 saturated heterocycles. The van der Waals surface area contributed by atoms with Gasteiger partial charge < -0.3 is 10.5 Å². The Morgan fingerprint density at radius 3 is 1.84 bits per heavy atom. The molecule has 1 aromatic rings. The lowest BCUT2D eigenvalue weighted by Gasteiger charge is -2.34. The summed E-state index contributed by atoms with van der Waals surface area (Å²) in [7, 11) is 0. The predicted molar refractivity (Wildman–Crippen MR) is 80.6 cm³/mol. The molecule has 0 aromatic heterocycles. The first kappa shape index (κ1) is 14.5. The van der Waals surface area contributed by atoms with E-state index in [0.29, 0.717) is 0 Å². The molecule has 0 bridgehead atoms. The van der Waals surface area contributed by atoms with Gasteiger partial charge in [-0.05, 0) is 87.8 Å². The van der Waals surface area contributed by atoms with E-state index in [0.717, 1.165) is 19.4 Å². The smallest absolute Gasteiger partial charge is 0.0847 e. The Kier molecular flexibility index (Phi) is 3.76. The Morgan fingerprint density at radius 1 is 0.947 bits per heavy atom. The second kappa shape index (κ2) is 4.92. The molecule has 1 aliphatic heterocycles. The fourth-order valence-corrected chi connectivity index (χ4v) is 3.35. The van der Waals surface area contributed by atoms with E-state index in [4.69, 9.17) is 10.5 Å². The Labute approximate surface area is 117 Å². The fraction of sp³-hybridized carbons (Fsp3) is 0.647. The van der Waals surface area contributed by atoms with Crippen molar-refractivity contribution in [1.29, 1.82) is 0 Å². The van der Waals surface area contributed by atoms with Crippen LogP contribution in [0.25, 0.3) is 0 Å². The highest BCUT2D eigenvalue weighted by Crippen LogP contribution is 2.40. The molecule has 1 heterocycles. The second-order valence-corrected chi connectivity index (χ2v) is 6.28. The number of nitrogens with two attached hydrogens (primary N) is 1. The lowest BCUT2D eigenvalue weighted by Crippen LogP contribution is -2.38. The molecule has 0 aliphatic carbocycles. The molecular weight excluding hydrogens is 234 g/mol. The number of hydrogen-bond donors (Lipinski definition) is 1. The van der Waals surface area contributed by atoms with E-state index in [9.17, 15) is 0 Å². The van der Waals surface area contributed by atoms with E-state index in [1.54, 1.807) is 0 Å². The molecule has 106 valence electrons. The van der Waals surface area contributed by atoms with Gasteiger partial charge in [0.1, 0.15) is 0 Å². The van der Waals surface area contributed by atoms with Crippen LogP contribution >= 0.6 is 0 Å². The lowest BCUT2D eigenvalue weighted by molar-refractivity contribution is -0.00207.